The summed E-state index contributed by atoms with van der Waals surface area (Å²) < 4.78 is 10.9. The number of hydrogen-bond acceptors (Lipinski definition) is 4. The average Bonchev–Trinajstić information content (AvgIpc) is 3.26. The van der Waals surface area contributed by atoms with Gasteiger partial charge in [-0.2, -0.15) is 0 Å². The third-order valence-electron chi connectivity index (χ3n) is 5.43. The van der Waals surface area contributed by atoms with Crippen LogP contribution in [0.2, 0.25) is 0 Å². The summed E-state index contributed by atoms with van der Waals surface area (Å²) in [5.74, 6) is 3.16. The van der Waals surface area contributed by atoms with Gasteiger partial charge in [-0.3, -0.25) is 4.99 Å². The Morgan fingerprint density at radius 3 is 2.57 bits per heavy atom. The van der Waals surface area contributed by atoms with E-state index in [9.17, 15) is 0 Å². The molecule has 1 atom stereocenters. The number of likely N-dealkylation sites (tertiary alicyclic amines) is 1. The van der Waals surface area contributed by atoms with Crippen LogP contribution in [0, 0.1) is 5.92 Å². The zero-order valence-electron chi connectivity index (χ0n) is 18.1. The molecule has 0 radical (unpaired) electrons. The van der Waals surface area contributed by atoms with E-state index in [0.717, 1.165) is 43.5 Å². The Hall–Kier alpha value is -2.73. The second-order valence-electron chi connectivity index (χ2n) is 7.59. The summed E-state index contributed by atoms with van der Waals surface area (Å²) in [5, 5.41) is 6.78. The highest BCUT2D eigenvalue weighted by atomic mass is 16.5. The van der Waals surface area contributed by atoms with E-state index in [0.29, 0.717) is 19.1 Å². The molecule has 1 aliphatic heterocycles. The molecule has 3 rings (SSSR count). The van der Waals surface area contributed by atoms with Crippen LogP contribution >= 0.6 is 0 Å². The van der Waals surface area contributed by atoms with Gasteiger partial charge in [-0.1, -0.05) is 30.3 Å². The number of ether oxygens (including phenoxy) is 2. The monoisotopic (exact) mass is 410 g/mol. The van der Waals surface area contributed by atoms with Crippen molar-refractivity contribution in [2.75, 3.05) is 53.5 Å². The first-order chi connectivity index (χ1) is 14.8. The molecule has 0 spiro atoms. The standard InChI is InChI=1S/C24H34N4O2/c1-25-24(26-14-17-30-23-10-8-22(29-2)9-11-23)27-18-21-13-16-28(19-21)15-12-20-6-4-3-5-7-20/h3-11,21H,12-19H2,1-2H3,(H2,25,26,27). The van der Waals surface area contributed by atoms with Crippen molar-refractivity contribution in [2.24, 2.45) is 10.9 Å². The fourth-order valence-corrected chi connectivity index (χ4v) is 3.69. The van der Waals surface area contributed by atoms with Gasteiger partial charge >= 0.3 is 0 Å². The second-order valence-corrected chi connectivity index (χ2v) is 7.59. The molecule has 0 aromatic heterocycles. The molecule has 1 fully saturated rings. The maximum Gasteiger partial charge on any atom is 0.191 e. The van der Waals surface area contributed by atoms with Crippen molar-refractivity contribution in [2.45, 2.75) is 12.8 Å². The summed E-state index contributed by atoms with van der Waals surface area (Å²) in [4.78, 5) is 6.89. The van der Waals surface area contributed by atoms with Crippen LogP contribution in [0.25, 0.3) is 0 Å². The molecule has 6 heteroatoms. The molecule has 0 aliphatic carbocycles. The van der Waals surface area contributed by atoms with Gasteiger partial charge < -0.3 is 25.0 Å². The molecular formula is C24H34N4O2. The van der Waals surface area contributed by atoms with E-state index in [1.165, 1.54) is 18.5 Å². The van der Waals surface area contributed by atoms with Crippen LogP contribution in [0.5, 0.6) is 11.5 Å². The molecule has 30 heavy (non-hydrogen) atoms. The van der Waals surface area contributed by atoms with Gasteiger partial charge in [-0.15, -0.1) is 0 Å². The van der Waals surface area contributed by atoms with E-state index in [4.69, 9.17) is 9.47 Å². The summed E-state index contributed by atoms with van der Waals surface area (Å²) in [6, 6.07) is 18.4. The second kappa shape index (κ2) is 12.1. The third-order valence-corrected chi connectivity index (χ3v) is 5.43. The fourth-order valence-electron chi connectivity index (χ4n) is 3.69. The van der Waals surface area contributed by atoms with Gasteiger partial charge in [-0.05, 0) is 55.1 Å². The normalized spacial score (nSPS) is 17.0. The molecule has 2 N–H and O–H groups in total. The maximum absolute atomic E-state index is 5.75. The van der Waals surface area contributed by atoms with E-state index < -0.39 is 0 Å². The van der Waals surface area contributed by atoms with Crippen molar-refractivity contribution >= 4 is 5.96 Å². The number of benzene rings is 2. The highest BCUT2D eigenvalue weighted by Crippen LogP contribution is 2.17. The summed E-state index contributed by atoms with van der Waals surface area (Å²) in [7, 11) is 3.46. The Balaban J connectivity index is 1.28. The average molecular weight is 411 g/mol. The van der Waals surface area contributed by atoms with Gasteiger partial charge in [0.05, 0.1) is 13.7 Å². The Bertz CT molecular complexity index is 765. The predicted molar refractivity (Wildman–Crippen MR) is 123 cm³/mol. The summed E-state index contributed by atoms with van der Waals surface area (Å²) in [5.41, 5.74) is 1.42. The predicted octanol–water partition coefficient (Wildman–Crippen LogP) is 2.80. The molecule has 2 aromatic carbocycles. The number of nitrogens with one attached hydrogen (secondary N) is 2. The number of aliphatic imine (C=N–C) groups is 1. The van der Waals surface area contributed by atoms with Crippen LogP contribution in [0.4, 0.5) is 0 Å². The van der Waals surface area contributed by atoms with Gasteiger partial charge in [0.25, 0.3) is 0 Å². The fraction of sp³-hybridized carbons (Fsp3) is 0.458. The molecule has 0 bridgehead atoms. The Morgan fingerprint density at radius 1 is 1.07 bits per heavy atom. The van der Waals surface area contributed by atoms with E-state index >= 15 is 0 Å². The largest absolute Gasteiger partial charge is 0.497 e. The Morgan fingerprint density at radius 2 is 1.83 bits per heavy atom. The highest BCUT2D eigenvalue weighted by molar-refractivity contribution is 5.79. The lowest BCUT2D eigenvalue weighted by molar-refractivity contribution is 0.320. The number of guanidine groups is 1. The summed E-state index contributed by atoms with van der Waals surface area (Å²) in [6.07, 6.45) is 2.36. The Labute approximate surface area is 180 Å². The number of nitrogens with zero attached hydrogens (tertiary/aromatic N) is 2. The van der Waals surface area contributed by atoms with E-state index in [1.54, 1.807) is 14.2 Å². The molecular weight excluding hydrogens is 376 g/mol. The SMILES string of the molecule is CN=C(NCCOc1ccc(OC)cc1)NCC1CCN(CCc2ccccc2)C1. The highest BCUT2D eigenvalue weighted by Gasteiger charge is 2.22. The van der Waals surface area contributed by atoms with E-state index in [-0.39, 0.29) is 0 Å². The lowest BCUT2D eigenvalue weighted by Crippen LogP contribution is -2.41. The van der Waals surface area contributed by atoms with Crippen molar-refractivity contribution in [3.8, 4) is 11.5 Å². The van der Waals surface area contributed by atoms with Gasteiger partial charge in [-0.25, -0.2) is 0 Å². The first-order valence-corrected chi connectivity index (χ1v) is 10.7. The Kier molecular flexibility index (Phi) is 8.84. The summed E-state index contributed by atoms with van der Waals surface area (Å²) in [6.45, 7) is 5.68. The van der Waals surface area contributed by atoms with Crippen LogP contribution in [0.15, 0.2) is 59.6 Å². The minimum atomic E-state index is 0.573. The van der Waals surface area contributed by atoms with Crippen molar-refractivity contribution in [1.82, 2.24) is 15.5 Å². The quantitative estimate of drug-likeness (QED) is 0.358. The summed E-state index contributed by atoms with van der Waals surface area (Å²) >= 11 is 0. The lowest BCUT2D eigenvalue weighted by atomic mass is 10.1. The van der Waals surface area contributed by atoms with E-state index in [1.807, 2.05) is 24.3 Å². The van der Waals surface area contributed by atoms with Gasteiger partial charge in [0, 0.05) is 26.7 Å². The van der Waals surface area contributed by atoms with E-state index in [2.05, 4.69) is 50.9 Å². The molecule has 1 saturated heterocycles. The first-order valence-electron chi connectivity index (χ1n) is 10.7. The smallest absolute Gasteiger partial charge is 0.191 e. The van der Waals surface area contributed by atoms with Crippen molar-refractivity contribution in [3.63, 3.8) is 0 Å². The molecule has 6 nitrogen and oxygen atoms in total. The molecule has 0 saturated carbocycles. The van der Waals surface area contributed by atoms with Crippen LogP contribution in [0.3, 0.4) is 0 Å². The molecule has 1 unspecified atom stereocenters. The number of rotatable bonds is 10. The van der Waals surface area contributed by atoms with Crippen molar-refractivity contribution in [1.29, 1.82) is 0 Å². The molecule has 162 valence electrons. The third kappa shape index (κ3) is 7.26. The van der Waals surface area contributed by atoms with Crippen LogP contribution in [-0.2, 0) is 6.42 Å². The number of hydrogen-bond donors (Lipinski definition) is 2. The zero-order valence-corrected chi connectivity index (χ0v) is 18.1. The lowest BCUT2D eigenvalue weighted by Gasteiger charge is -2.17. The minimum absolute atomic E-state index is 0.573. The first kappa shape index (κ1) is 22.0. The minimum Gasteiger partial charge on any atom is -0.497 e. The van der Waals surface area contributed by atoms with Gasteiger partial charge in [0.2, 0.25) is 0 Å². The van der Waals surface area contributed by atoms with Crippen molar-refractivity contribution < 1.29 is 9.47 Å². The topological polar surface area (TPSA) is 58.1 Å². The zero-order chi connectivity index (χ0) is 21.0. The van der Waals surface area contributed by atoms with Crippen molar-refractivity contribution in [3.05, 3.63) is 60.2 Å². The molecule has 0 amide bonds. The molecule has 1 aliphatic rings. The van der Waals surface area contributed by atoms with Gasteiger partial charge in [0.15, 0.2) is 5.96 Å². The molecule has 2 aromatic rings. The van der Waals surface area contributed by atoms with Crippen LogP contribution < -0.4 is 20.1 Å². The molecule has 1 heterocycles. The van der Waals surface area contributed by atoms with Crippen LogP contribution in [-0.4, -0.2) is 64.3 Å². The maximum atomic E-state index is 5.75. The van der Waals surface area contributed by atoms with Crippen LogP contribution in [0.1, 0.15) is 12.0 Å². The number of methoxy groups -OCH3 is 1. The van der Waals surface area contributed by atoms with Gasteiger partial charge in [0.1, 0.15) is 18.1 Å².